The Morgan fingerprint density at radius 3 is 3.00 bits per heavy atom. The van der Waals surface area contributed by atoms with Crippen molar-refractivity contribution in [3.63, 3.8) is 0 Å². The predicted octanol–water partition coefficient (Wildman–Crippen LogP) is 3.19. The van der Waals surface area contributed by atoms with E-state index in [1.54, 1.807) is 17.5 Å². The molecular weight excluding hydrogens is 256 g/mol. The van der Waals surface area contributed by atoms with Crippen LogP contribution >= 0.6 is 11.3 Å². The number of aryl methyl sites for hydroxylation is 1. The summed E-state index contributed by atoms with van der Waals surface area (Å²) in [5.74, 6) is 0. The number of anilines is 2. The van der Waals surface area contributed by atoms with E-state index in [1.807, 2.05) is 31.2 Å². The first-order chi connectivity index (χ1) is 9.24. The molecule has 0 fully saturated rings. The number of benzene rings is 1. The summed E-state index contributed by atoms with van der Waals surface area (Å²) in [4.78, 5) is 8.76. The van der Waals surface area contributed by atoms with Gasteiger partial charge in [-0.2, -0.15) is 0 Å². The smallest absolute Gasteiger partial charge is 0.112 e. The van der Waals surface area contributed by atoms with Gasteiger partial charge in [-0.25, -0.2) is 4.98 Å². The van der Waals surface area contributed by atoms with Crippen LogP contribution in [0.25, 0.3) is 10.9 Å². The van der Waals surface area contributed by atoms with Crippen molar-refractivity contribution in [2.75, 3.05) is 11.1 Å². The predicted molar refractivity (Wildman–Crippen MR) is 80.3 cm³/mol. The third kappa shape index (κ3) is 2.37. The van der Waals surface area contributed by atoms with Crippen LogP contribution in [0.2, 0.25) is 0 Å². The lowest BCUT2D eigenvalue weighted by Crippen LogP contribution is -2.01. The fourth-order valence-corrected chi connectivity index (χ4v) is 2.71. The normalized spacial score (nSPS) is 10.8. The molecule has 0 aliphatic carbocycles. The SMILES string of the molecule is Cc1csc(CNc2ccc(N)c3ncccc23)n1. The molecule has 0 aliphatic rings. The summed E-state index contributed by atoms with van der Waals surface area (Å²) < 4.78 is 0. The first-order valence-electron chi connectivity index (χ1n) is 6.02. The molecule has 0 saturated heterocycles. The first kappa shape index (κ1) is 11.9. The van der Waals surface area contributed by atoms with Crippen LogP contribution in [-0.2, 0) is 6.54 Å². The number of pyridine rings is 1. The minimum absolute atomic E-state index is 0.700. The van der Waals surface area contributed by atoms with Crippen molar-refractivity contribution >= 4 is 33.6 Å². The molecule has 5 heteroatoms. The number of nitrogen functional groups attached to an aromatic ring is 1. The Hall–Kier alpha value is -2.14. The molecule has 0 saturated carbocycles. The number of thiazole rings is 1. The number of rotatable bonds is 3. The van der Waals surface area contributed by atoms with Gasteiger partial charge in [0.2, 0.25) is 0 Å². The molecule has 96 valence electrons. The lowest BCUT2D eigenvalue weighted by Gasteiger charge is -2.09. The number of aromatic nitrogens is 2. The van der Waals surface area contributed by atoms with E-state index in [2.05, 4.69) is 20.7 Å². The van der Waals surface area contributed by atoms with E-state index >= 15 is 0 Å². The van der Waals surface area contributed by atoms with E-state index in [4.69, 9.17) is 5.73 Å². The van der Waals surface area contributed by atoms with E-state index in [1.165, 1.54) is 0 Å². The van der Waals surface area contributed by atoms with Gasteiger partial charge in [-0.05, 0) is 31.2 Å². The molecule has 0 amide bonds. The van der Waals surface area contributed by atoms with Crippen molar-refractivity contribution in [2.24, 2.45) is 0 Å². The summed E-state index contributed by atoms with van der Waals surface area (Å²) in [7, 11) is 0. The molecule has 0 spiro atoms. The Bertz CT molecular complexity index is 720. The van der Waals surface area contributed by atoms with Gasteiger partial charge in [-0.1, -0.05) is 0 Å². The van der Waals surface area contributed by atoms with E-state index in [-0.39, 0.29) is 0 Å². The highest BCUT2D eigenvalue weighted by Crippen LogP contribution is 2.26. The fourth-order valence-electron chi connectivity index (χ4n) is 2.00. The van der Waals surface area contributed by atoms with Gasteiger partial charge in [0.1, 0.15) is 5.01 Å². The summed E-state index contributed by atoms with van der Waals surface area (Å²) in [5, 5.41) is 7.57. The van der Waals surface area contributed by atoms with Gasteiger partial charge in [0.05, 0.1) is 17.7 Å². The van der Waals surface area contributed by atoms with Gasteiger partial charge >= 0.3 is 0 Å². The molecule has 0 bridgehead atoms. The number of nitrogens with two attached hydrogens (primary N) is 1. The summed E-state index contributed by atoms with van der Waals surface area (Å²) in [6, 6.07) is 7.80. The second-order valence-corrected chi connectivity index (χ2v) is 5.28. The monoisotopic (exact) mass is 270 g/mol. The Kier molecular flexibility index (Phi) is 3.05. The van der Waals surface area contributed by atoms with Crippen molar-refractivity contribution in [3.05, 3.63) is 46.5 Å². The topological polar surface area (TPSA) is 63.8 Å². The lowest BCUT2D eigenvalue weighted by molar-refractivity contribution is 1.08. The Balaban J connectivity index is 1.91. The fraction of sp³-hybridized carbons (Fsp3) is 0.143. The zero-order valence-electron chi connectivity index (χ0n) is 10.6. The molecule has 0 aliphatic heterocycles. The third-order valence-electron chi connectivity index (χ3n) is 2.90. The number of hydrogen-bond acceptors (Lipinski definition) is 5. The van der Waals surface area contributed by atoms with Crippen molar-refractivity contribution in [1.82, 2.24) is 9.97 Å². The summed E-state index contributed by atoms with van der Waals surface area (Å²) in [6.07, 6.45) is 1.76. The standard InChI is InChI=1S/C14H14N4S/c1-9-8-19-13(18-9)7-17-12-5-4-11(15)14-10(12)3-2-6-16-14/h2-6,8,17H,7,15H2,1H3. The minimum Gasteiger partial charge on any atom is -0.397 e. The average Bonchev–Trinajstić information content (AvgIpc) is 2.84. The van der Waals surface area contributed by atoms with Gasteiger partial charge in [0.15, 0.2) is 0 Å². The zero-order valence-corrected chi connectivity index (χ0v) is 11.4. The highest BCUT2D eigenvalue weighted by Gasteiger charge is 2.05. The van der Waals surface area contributed by atoms with Gasteiger partial charge in [0.25, 0.3) is 0 Å². The van der Waals surface area contributed by atoms with Gasteiger partial charge in [-0.3, -0.25) is 4.98 Å². The molecule has 0 unspecified atom stereocenters. The number of nitrogens with one attached hydrogen (secondary N) is 1. The molecule has 4 nitrogen and oxygen atoms in total. The second-order valence-electron chi connectivity index (χ2n) is 4.34. The summed E-state index contributed by atoms with van der Waals surface area (Å²) in [6.45, 7) is 2.72. The maximum absolute atomic E-state index is 5.94. The van der Waals surface area contributed by atoms with Gasteiger partial charge < -0.3 is 11.1 Å². The molecule has 2 heterocycles. The highest BCUT2D eigenvalue weighted by atomic mass is 32.1. The molecular formula is C14H14N4S. The van der Waals surface area contributed by atoms with Crippen LogP contribution in [0.15, 0.2) is 35.8 Å². The van der Waals surface area contributed by atoms with Crippen LogP contribution in [-0.4, -0.2) is 9.97 Å². The first-order valence-corrected chi connectivity index (χ1v) is 6.90. The average molecular weight is 270 g/mol. The summed E-state index contributed by atoms with van der Waals surface area (Å²) >= 11 is 1.66. The minimum atomic E-state index is 0.700. The quantitative estimate of drug-likeness (QED) is 0.717. The third-order valence-corrected chi connectivity index (χ3v) is 3.86. The van der Waals surface area contributed by atoms with Gasteiger partial charge in [-0.15, -0.1) is 11.3 Å². The number of fused-ring (bicyclic) bond motifs is 1. The van der Waals surface area contributed by atoms with Crippen LogP contribution in [0.1, 0.15) is 10.7 Å². The Morgan fingerprint density at radius 1 is 1.32 bits per heavy atom. The van der Waals surface area contributed by atoms with Crippen LogP contribution < -0.4 is 11.1 Å². The molecule has 0 radical (unpaired) electrons. The number of hydrogen-bond donors (Lipinski definition) is 2. The number of nitrogens with zero attached hydrogens (tertiary/aromatic N) is 2. The van der Waals surface area contributed by atoms with E-state index in [0.29, 0.717) is 12.2 Å². The highest BCUT2D eigenvalue weighted by molar-refractivity contribution is 7.09. The molecule has 1 aromatic carbocycles. The van der Waals surface area contributed by atoms with E-state index in [9.17, 15) is 0 Å². The van der Waals surface area contributed by atoms with Crippen LogP contribution in [0.5, 0.6) is 0 Å². The molecule has 3 N–H and O–H groups in total. The molecule has 19 heavy (non-hydrogen) atoms. The summed E-state index contributed by atoms with van der Waals surface area (Å²) in [5.41, 5.74) is 9.56. The molecule has 2 aromatic heterocycles. The van der Waals surface area contributed by atoms with E-state index in [0.717, 1.165) is 27.3 Å². The maximum atomic E-state index is 5.94. The maximum Gasteiger partial charge on any atom is 0.112 e. The van der Waals surface area contributed by atoms with Crippen molar-refractivity contribution in [3.8, 4) is 0 Å². The van der Waals surface area contributed by atoms with Crippen LogP contribution in [0.3, 0.4) is 0 Å². The van der Waals surface area contributed by atoms with Crippen LogP contribution in [0.4, 0.5) is 11.4 Å². The zero-order chi connectivity index (χ0) is 13.2. The van der Waals surface area contributed by atoms with Gasteiger partial charge in [0, 0.05) is 28.3 Å². The van der Waals surface area contributed by atoms with Crippen LogP contribution in [0, 0.1) is 6.92 Å². The Morgan fingerprint density at radius 2 is 2.21 bits per heavy atom. The largest absolute Gasteiger partial charge is 0.397 e. The van der Waals surface area contributed by atoms with E-state index < -0.39 is 0 Å². The second kappa shape index (κ2) is 4.85. The molecule has 3 rings (SSSR count). The van der Waals surface area contributed by atoms with Crippen molar-refractivity contribution in [2.45, 2.75) is 13.5 Å². The lowest BCUT2D eigenvalue weighted by atomic mass is 10.1. The Labute approximate surface area is 115 Å². The van der Waals surface area contributed by atoms with Crippen molar-refractivity contribution in [1.29, 1.82) is 0 Å². The van der Waals surface area contributed by atoms with Crippen molar-refractivity contribution < 1.29 is 0 Å². The molecule has 0 atom stereocenters. The molecule has 3 aromatic rings.